The average Bonchev–Trinajstić information content (AvgIpc) is 2.66. The third-order valence-corrected chi connectivity index (χ3v) is 2.61. The number of para-hydroxylation sites is 1. The van der Waals surface area contributed by atoms with E-state index in [1.54, 1.807) is 18.2 Å². The van der Waals surface area contributed by atoms with Crippen molar-refractivity contribution in [3.8, 4) is 5.75 Å². The second kappa shape index (κ2) is 3.96. The van der Waals surface area contributed by atoms with Crippen molar-refractivity contribution in [2.45, 2.75) is 12.7 Å². The summed E-state index contributed by atoms with van der Waals surface area (Å²) < 4.78 is 43.4. The van der Waals surface area contributed by atoms with Gasteiger partial charge in [-0.15, -0.1) is 0 Å². The number of fused-ring (bicyclic) bond motifs is 1. The zero-order valence-corrected chi connectivity index (χ0v) is 9.06. The molecule has 0 aliphatic carbocycles. The van der Waals surface area contributed by atoms with Crippen LogP contribution in [0.4, 0.5) is 13.2 Å². The van der Waals surface area contributed by atoms with Gasteiger partial charge in [-0.2, -0.15) is 13.2 Å². The van der Waals surface area contributed by atoms with Crippen molar-refractivity contribution >= 4 is 10.9 Å². The lowest BCUT2D eigenvalue weighted by atomic mass is 10.1. The Labute approximate surface area is 95.4 Å². The van der Waals surface area contributed by atoms with Crippen molar-refractivity contribution in [3.05, 3.63) is 29.5 Å². The Morgan fingerprint density at radius 2 is 2.06 bits per heavy atom. The number of H-pyrrole nitrogens is 1. The quantitative estimate of drug-likeness (QED) is 0.853. The number of nitrogens with two attached hydrogens (primary N) is 1. The Bertz CT molecular complexity index is 545. The first-order chi connectivity index (χ1) is 7.99. The van der Waals surface area contributed by atoms with Gasteiger partial charge < -0.3 is 15.5 Å². The zero-order valence-electron chi connectivity index (χ0n) is 9.06. The number of nitrogens with one attached hydrogen (secondary N) is 1. The van der Waals surface area contributed by atoms with E-state index in [0.29, 0.717) is 16.7 Å². The molecule has 0 fully saturated rings. The van der Waals surface area contributed by atoms with Crippen molar-refractivity contribution < 1.29 is 17.9 Å². The van der Waals surface area contributed by atoms with E-state index in [1.165, 1.54) is 7.11 Å². The van der Waals surface area contributed by atoms with E-state index in [9.17, 15) is 13.2 Å². The molecule has 1 aromatic carbocycles. The first kappa shape index (κ1) is 11.8. The Morgan fingerprint density at radius 3 is 2.59 bits per heavy atom. The monoisotopic (exact) mass is 244 g/mol. The molecule has 0 atom stereocenters. The Balaban J connectivity index is 2.79. The van der Waals surface area contributed by atoms with E-state index < -0.39 is 11.9 Å². The van der Waals surface area contributed by atoms with Crippen molar-refractivity contribution in [2.24, 2.45) is 5.73 Å². The second-order valence-corrected chi connectivity index (χ2v) is 3.56. The molecule has 3 nitrogen and oxygen atoms in total. The number of rotatable bonds is 2. The smallest absolute Gasteiger partial charge is 0.431 e. The highest BCUT2D eigenvalue weighted by atomic mass is 19.4. The van der Waals surface area contributed by atoms with Gasteiger partial charge >= 0.3 is 6.18 Å². The molecular weight excluding hydrogens is 233 g/mol. The second-order valence-electron chi connectivity index (χ2n) is 3.56. The van der Waals surface area contributed by atoms with Crippen LogP contribution in [0, 0.1) is 0 Å². The minimum atomic E-state index is -4.45. The van der Waals surface area contributed by atoms with Crippen LogP contribution in [-0.2, 0) is 12.7 Å². The predicted molar refractivity (Wildman–Crippen MR) is 57.7 cm³/mol. The zero-order chi connectivity index (χ0) is 12.6. The fourth-order valence-electron chi connectivity index (χ4n) is 1.87. The number of alkyl halides is 3. The SMILES string of the molecule is COc1cccc2c(CN)c(C(F)(F)F)[nH]c12. The summed E-state index contributed by atoms with van der Waals surface area (Å²) >= 11 is 0. The van der Waals surface area contributed by atoms with Crippen LogP contribution in [0.2, 0.25) is 0 Å². The molecule has 2 rings (SSSR count). The summed E-state index contributed by atoms with van der Waals surface area (Å²) in [6.45, 7) is -0.179. The number of hydrogen-bond donors (Lipinski definition) is 2. The fourth-order valence-corrected chi connectivity index (χ4v) is 1.87. The molecule has 92 valence electrons. The number of methoxy groups -OCH3 is 1. The Morgan fingerprint density at radius 1 is 1.35 bits per heavy atom. The van der Waals surface area contributed by atoms with E-state index in [0.717, 1.165) is 0 Å². The summed E-state index contributed by atoms with van der Waals surface area (Å²) in [6.07, 6.45) is -4.45. The predicted octanol–water partition coefficient (Wildman–Crippen LogP) is 2.65. The standard InChI is InChI=1S/C11H11F3N2O/c1-17-8-4-2-3-6-7(5-15)10(11(12,13)14)16-9(6)8/h2-4,16H,5,15H2,1H3. The molecule has 0 aliphatic heterocycles. The molecule has 0 radical (unpaired) electrons. The average molecular weight is 244 g/mol. The van der Waals surface area contributed by atoms with Gasteiger partial charge in [0.25, 0.3) is 0 Å². The van der Waals surface area contributed by atoms with Gasteiger partial charge in [-0.3, -0.25) is 0 Å². The topological polar surface area (TPSA) is 51.0 Å². The molecule has 3 N–H and O–H groups in total. The van der Waals surface area contributed by atoms with Crippen molar-refractivity contribution in [1.29, 1.82) is 0 Å². The van der Waals surface area contributed by atoms with Crippen LogP contribution >= 0.6 is 0 Å². The van der Waals surface area contributed by atoms with Crippen molar-refractivity contribution in [3.63, 3.8) is 0 Å². The van der Waals surface area contributed by atoms with Gasteiger partial charge in [0.05, 0.1) is 12.6 Å². The molecule has 0 saturated heterocycles. The molecule has 2 aromatic rings. The summed E-state index contributed by atoms with van der Waals surface area (Å²) in [4.78, 5) is 2.34. The van der Waals surface area contributed by atoms with E-state index >= 15 is 0 Å². The van der Waals surface area contributed by atoms with Gasteiger partial charge in [0.15, 0.2) is 0 Å². The third kappa shape index (κ3) is 1.84. The molecule has 1 aromatic heterocycles. The number of aromatic amines is 1. The minimum absolute atomic E-state index is 0.0615. The van der Waals surface area contributed by atoms with Gasteiger partial charge in [0.2, 0.25) is 0 Å². The van der Waals surface area contributed by atoms with Crippen LogP contribution in [0.1, 0.15) is 11.3 Å². The maximum Gasteiger partial charge on any atom is 0.431 e. The molecule has 1 heterocycles. The van der Waals surface area contributed by atoms with E-state index in [4.69, 9.17) is 10.5 Å². The molecule has 0 spiro atoms. The maximum absolute atomic E-state index is 12.8. The molecule has 0 amide bonds. The van der Waals surface area contributed by atoms with E-state index in [1.807, 2.05) is 0 Å². The molecule has 0 aliphatic rings. The van der Waals surface area contributed by atoms with Gasteiger partial charge in [-0.05, 0) is 6.07 Å². The molecule has 6 heteroatoms. The highest BCUT2D eigenvalue weighted by Crippen LogP contribution is 2.37. The third-order valence-electron chi connectivity index (χ3n) is 2.61. The number of ether oxygens (including phenoxy) is 1. The van der Waals surface area contributed by atoms with Crippen LogP contribution < -0.4 is 10.5 Å². The highest BCUT2D eigenvalue weighted by molar-refractivity contribution is 5.89. The first-order valence-electron chi connectivity index (χ1n) is 4.94. The van der Waals surface area contributed by atoms with Gasteiger partial charge in [0, 0.05) is 17.5 Å². The Hall–Kier alpha value is -1.69. The van der Waals surface area contributed by atoms with Crippen LogP contribution in [0.5, 0.6) is 5.75 Å². The minimum Gasteiger partial charge on any atom is -0.495 e. The largest absolute Gasteiger partial charge is 0.495 e. The first-order valence-corrected chi connectivity index (χ1v) is 4.94. The molecule has 0 unspecified atom stereocenters. The van der Waals surface area contributed by atoms with Crippen LogP contribution in [-0.4, -0.2) is 12.1 Å². The lowest BCUT2D eigenvalue weighted by Crippen LogP contribution is -2.11. The van der Waals surface area contributed by atoms with Crippen LogP contribution in [0.3, 0.4) is 0 Å². The van der Waals surface area contributed by atoms with Gasteiger partial charge in [-0.1, -0.05) is 12.1 Å². The lowest BCUT2D eigenvalue weighted by Gasteiger charge is -2.05. The van der Waals surface area contributed by atoms with Crippen LogP contribution in [0.25, 0.3) is 10.9 Å². The Kier molecular flexibility index (Phi) is 2.74. The number of benzene rings is 1. The van der Waals surface area contributed by atoms with E-state index in [2.05, 4.69) is 4.98 Å². The summed E-state index contributed by atoms with van der Waals surface area (Å²) in [5.41, 5.74) is 4.97. The highest BCUT2D eigenvalue weighted by Gasteiger charge is 2.36. The normalized spacial score (nSPS) is 12.1. The summed E-state index contributed by atoms with van der Waals surface area (Å²) in [5, 5.41) is 0.444. The van der Waals surface area contributed by atoms with Crippen molar-refractivity contribution in [1.82, 2.24) is 4.98 Å². The van der Waals surface area contributed by atoms with Gasteiger partial charge in [-0.25, -0.2) is 0 Å². The van der Waals surface area contributed by atoms with Gasteiger partial charge in [0.1, 0.15) is 11.4 Å². The fraction of sp³-hybridized carbons (Fsp3) is 0.273. The van der Waals surface area contributed by atoms with Crippen LogP contribution in [0.15, 0.2) is 18.2 Å². The number of aromatic nitrogens is 1. The molecule has 0 bridgehead atoms. The lowest BCUT2D eigenvalue weighted by molar-refractivity contribution is -0.141. The number of halogens is 3. The summed E-state index contributed by atoms with van der Waals surface area (Å²) in [5.74, 6) is 0.368. The number of hydrogen-bond acceptors (Lipinski definition) is 2. The molecule has 17 heavy (non-hydrogen) atoms. The summed E-state index contributed by atoms with van der Waals surface area (Å²) in [6, 6.07) is 4.82. The van der Waals surface area contributed by atoms with Crippen molar-refractivity contribution in [2.75, 3.05) is 7.11 Å². The maximum atomic E-state index is 12.8. The molecule has 0 saturated carbocycles. The summed E-state index contributed by atoms with van der Waals surface area (Å²) in [7, 11) is 1.41. The molecular formula is C11H11F3N2O. The van der Waals surface area contributed by atoms with E-state index in [-0.39, 0.29) is 12.1 Å².